The van der Waals surface area contributed by atoms with Crippen LogP contribution in [0.15, 0.2) is 39.2 Å². The largest absolute Gasteiger partial charge is 0.497 e. The predicted octanol–water partition coefficient (Wildman–Crippen LogP) is 3.35. The van der Waals surface area contributed by atoms with Crippen LogP contribution < -0.4 is 14.8 Å². The number of hydrogen-bond acceptors (Lipinski definition) is 4. The van der Waals surface area contributed by atoms with E-state index >= 15 is 0 Å². The molecule has 19 heavy (non-hydrogen) atoms. The lowest BCUT2D eigenvalue weighted by molar-refractivity contribution is 0.263. The molecule has 1 aromatic heterocycles. The maximum Gasteiger partial charge on any atom is 0.146 e. The molecule has 0 unspecified atom stereocenters. The van der Waals surface area contributed by atoms with Gasteiger partial charge in [-0.3, -0.25) is 0 Å². The third-order valence-corrected chi connectivity index (χ3v) is 3.20. The molecule has 0 fully saturated rings. The number of benzene rings is 1. The van der Waals surface area contributed by atoms with Crippen LogP contribution in [0, 0.1) is 0 Å². The Hall–Kier alpha value is -1.46. The molecule has 0 atom stereocenters. The Morgan fingerprint density at radius 1 is 1.21 bits per heavy atom. The van der Waals surface area contributed by atoms with Crippen molar-refractivity contribution in [3.8, 4) is 11.5 Å². The van der Waals surface area contributed by atoms with Crippen LogP contribution in [0.2, 0.25) is 0 Å². The lowest BCUT2D eigenvalue weighted by Crippen LogP contribution is -2.03. The number of nitrogens with one attached hydrogen (secondary N) is 1. The van der Waals surface area contributed by atoms with Gasteiger partial charge in [-0.2, -0.15) is 0 Å². The van der Waals surface area contributed by atoms with E-state index in [-0.39, 0.29) is 0 Å². The summed E-state index contributed by atoms with van der Waals surface area (Å²) in [5.74, 6) is 3.24. The SMILES string of the molecule is CNCc1ccc(COc2ccc(OC)cc2Br)o1. The van der Waals surface area contributed by atoms with Crippen molar-refractivity contribution >= 4 is 15.9 Å². The Morgan fingerprint density at radius 3 is 2.68 bits per heavy atom. The van der Waals surface area contributed by atoms with Crippen molar-refractivity contribution in [3.05, 3.63) is 46.3 Å². The maximum absolute atomic E-state index is 5.70. The lowest BCUT2D eigenvalue weighted by atomic mass is 10.3. The average molecular weight is 326 g/mol. The van der Waals surface area contributed by atoms with Gasteiger partial charge in [0.05, 0.1) is 18.1 Å². The molecular formula is C14H16BrNO3. The molecule has 0 amide bonds. The van der Waals surface area contributed by atoms with E-state index in [1.54, 1.807) is 7.11 Å². The molecule has 102 valence electrons. The Morgan fingerprint density at radius 2 is 2.00 bits per heavy atom. The van der Waals surface area contributed by atoms with Crippen LogP contribution in [0.25, 0.3) is 0 Å². The van der Waals surface area contributed by atoms with Crippen LogP contribution in [-0.2, 0) is 13.2 Å². The molecule has 1 N–H and O–H groups in total. The van der Waals surface area contributed by atoms with E-state index in [1.165, 1.54) is 0 Å². The average Bonchev–Trinajstić information content (AvgIpc) is 2.85. The number of ether oxygens (including phenoxy) is 2. The fraction of sp³-hybridized carbons (Fsp3) is 0.286. The van der Waals surface area contributed by atoms with Gasteiger partial charge >= 0.3 is 0 Å². The van der Waals surface area contributed by atoms with Crippen LogP contribution in [0.3, 0.4) is 0 Å². The van der Waals surface area contributed by atoms with Crippen LogP contribution in [0.4, 0.5) is 0 Å². The molecule has 5 heteroatoms. The molecule has 2 aromatic rings. The highest BCUT2D eigenvalue weighted by Gasteiger charge is 2.06. The second-order valence-electron chi connectivity index (χ2n) is 3.98. The highest BCUT2D eigenvalue weighted by molar-refractivity contribution is 9.10. The highest BCUT2D eigenvalue weighted by Crippen LogP contribution is 2.29. The van der Waals surface area contributed by atoms with Crippen molar-refractivity contribution < 1.29 is 13.9 Å². The quantitative estimate of drug-likeness (QED) is 0.884. The first-order valence-electron chi connectivity index (χ1n) is 5.91. The summed E-state index contributed by atoms with van der Waals surface area (Å²) >= 11 is 3.45. The fourth-order valence-electron chi connectivity index (χ4n) is 1.64. The van der Waals surface area contributed by atoms with Crippen molar-refractivity contribution in [2.24, 2.45) is 0 Å². The van der Waals surface area contributed by atoms with Gasteiger partial charge < -0.3 is 19.2 Å². The van der Waals surface area contributed by atoms with Crippen molar-refractivity contribution in [3.63, 3.8) is 0 Å². The van der Waals surface area contributed by atoms with E-state index in [9.17, 15) is 0 Å². The van der Waals surface area contributed by atoms with Gasteiger partial charge in [0.25, 0.3) is 0 Å². The first-order valence-corrected chi connectivity index (χ1v) is 6.70. The monoisotopic (exact) mass is 325 g/mol. The summed E-state index contributed by atoms with van der Waals surface area (Å²) in [7, 11) is 3.52. The van der Waals surface area contributed by atoms with Crippen molar-refractivity contribution in [2.75, 3.05) is 14.2 Å². The Kier molecular flexibility index (Phi) is 4.87. The Balaban J connectivity index is 1.97. The van der Waals surface area contributed by atoms with Crippen molar-refractivity contribution in [1.82, 2.24) is 5.32 Å². The summed E-state index contributed by atoms with van der Waals surface area (Å²) in [6.45, 7) is 1.11. The summed E-state index contributed by atoms with van der Waals surface area (Å²) in [6.07, 6.45) is 0. The molecule has 0 saturated carbocycles. The Bertz CT molecular complexity index is 539. The summed E-state index contributed by atoms with van der Waals surface area (Å²) < 4.78 is 17.3. The van der Waals surface area contributed by atoms with Crippen LogP contribution in [0.1, 0.15) is 11.5 Å². The van der Waals surface area contributed by atoms with E-state index in [1.807, 2.05) is 37.4 Å². The fourth-order valence-corrected chi connectivity index (χ4v) is 2.12. The zero-order chi connectivity index (χ0) is 13.7. The van der Waals surface area contributed by atoms with Gasteiger partial charge in [-0.1, -0.05) is 0 Å². The summed E-state index contributed by atoms with van der Waals surface area (Å²) in [6, 6.07) is 9.45. The lowest BCUT2D eigenvalue weighted by Gasteiger charge is -2.08. The van der Waals surface area contributed by atoms with E-state index in [0.717, 1.165) is 27.5 Å². The minimum atomic E-state index is 0.397. The zero-order valence-corrected chi connectivity index (χ0v) is 12.5. The van der Waals surface area contributed by atoms with E-state index in [0.29, 0.717) is 13.2 Å². The van der Waals surface area contributed by atoms with Gasteiger partial charge in [-0.15, -0.1) is 0 Å². The molecule has 0 bridgehead atoms. The smallest absolute Gasteiger partial charge is 0.146 e. The second kappa shape index (κ2) is 6.63. The third-order valence-electron chi connectivity index (χ3n) is 2.58. The standard InChI is InChI=1S/C14H16BrNO3/c1-16-8-11-3-4-12(19-11)9-18-14-6-5-10(17-2)7-13(14)15/h3-7,16H,8-9H2,1-2H3. The second-order valence-corrected chi connectivity index (χ2v) is 4.84. The molecule has 4 nitrogen and oxygen atoms in total. The maximum atomic E-state index is 5.70. The molecule has 0 saturated heterocycles. The van der Waals surface area contributed by atoms with E-state index < -0.39 is 0 Å². The molecule has 0 aliphatic heterocycles. The minimum Gasteiger partial charge on any atom is -0.497 e. The van der Waals surface area contributed by atoms with Gasteiger partial charge in [-0.05, 0) is 53.3 Å². The normalized spacial score (nSPS) is 10.5. The van der Waals surface area contributed by atoms with Crippen LogP contribution >= 0.6 is 15.9 Å². The van der Waals surface area contributed by atoms with Crippen LogP contribution in [0.5, 0.6) is 11.5 Å². The van der Waals surface area contributed by atoms with Gasteiger partial charge in [0, 0.05) is 0 Å². The number of methoxy groups -OCH3 is 1. The topological polar surface area (TPSA) is 43.6 Å². The van der Waals surface area contributed by atoms with Gasteiger partial charge in [0.2, 0.25) is 0 Å². The van der Waals surface area contributed by atoms with E-state index in [4.69, 9.17) is 13.9 Å². The zero-order valence-electron chi connectivity index (χ0n) is 10.9. The van der Waals surface area contributed by atoms with Gasteiger partial charge in [-0.25, -0.2) is 0 Å². The van der Waals surface area contributed by atoms with Crippen molar-refractivity contribution in [1.29, 1.82) is 0 Å². The molecule has 0 spiro atoms. The first-order chi connectivity index (χ1) is 9.22. The molecule has 1 aromatic carbocycles. The van der Waals surface area contributed by atoms with Gasteiger partial charge in [0.1, 0.15) is 29.6 Å². The molecule has 0 radical (unpaired) electrons. The molecule has 2 rings (SSSR count). The Labute approximate surface area is 120 Å². The summed E-state index contributed by atoms with van der Waals surface area (Å²) in [4.78, 5) is 0. The minimum absolute atomic E-state index is 0.397. The molecular weight excluding hydrogens is 310 g/mol. The first kappa shape index (κ1) is 14.0. The molecule has 1 heterocycles. The third kappa shape index (κ3) is 3.75. The number of halogens is 1. The molecule has 0 aliphatic rings. The number of hydrogen-bond donors (Lipinski definition) is 1. The molecule has 0 aliphatic carbocycles. The predicted molar refractivity (Wildman–Crippen MR) is 76.5 cm³/mol. The van der Waals surface area contributed by atoms with Gasteiger partial charge in [0.15, 0.2) is 0 Å². The highest BCUT2D eigenvalue weighted by atomic mass is 79.9. The van der Waals surface area contributed by atoms with Crippen LogP contribution in [-0.4, -0.2) is 14.2 Å². The van der Waals surface area contributed by atoms with E-state index in [2.05, 4.69) is 21.2 Å². The summed E-state index contributed by atoms with van der Waals surface area (Å²) in [5, 5.41) is 3.04. The van der Waals surface area contributed by atoms with Crippen molar-refractivity contribution in [2.45, 2.75) is 13.2 Å². The summed E-state index contributed by atoms with van der Waals surface area (Å²) in [5.41, 5.74) is 0. The number of rotatable bonds is 6. The number of furan rings is 1.